The van der Waals surface area contributed by atoms with E-state index in [4.69, 9.17) is 4.74 Å². The van der Waals surface area contributed by atoms with Gasteiger partial charge in [0.2, 0.25) is 11.8 Å². The predicted octanol–water partition coefficient (Wildman–Crippen LogP) is 2.06. The van der Waals surface area contributed by atoms with Gasteiger partial charge in [0.25, 0.3) is 0 Å². The number of fused-ring (bicyclic) bond motifs is 1. The SMILES string of the molecule is O=C1CC(C(=O)N2CCC(Oc3cccc4[nH]ccc34)CC2)CCN1. The van der Waals surface area contributed by atoms with Crippen LogP contribution >= 0.6 is 0 Å². The van der Waals surface area contributed by atoms with Gasteiger partial charge in [-0.3, -0.25) is 9.59 Å². The molecule has 0 bridgehead atoms. The third-order valence-corrected chi connectivity index (χ3v) is 5.20. The first-order valence-electron chi connectivity index (χ1n) is 8.99. The highest BCUT2D eigenvalue weighted by Gasteiger charge is 2.32. The molecule has 25 heavy (non-hydrogen) atoms. The molecule has 2 N–H and O–H groups in total. The standard InChI is InChI=1S/C19H23N3O3/c23-18-12-13(4-8-21-18)19(24)22-10-6-14(7-11-22)25-17-3-1-2-16-15(17)5-9-20-16/h1-3,5,9,13-14,20H,4,6-8,10-12H2,(H,21,23). The van der Waals surface area contributed by atoms with Gasteiger partial charge in [-0.05, 0) is 24.6 Å². The molecule has 0 aliphatic carbocycles. The number of aromatic nitrogens is 1. The normalized spacial score (nSPS) is 22.0. The Labute approximate surface area is 146 Å². The molecular formula is C19H23N3O3. The van der Waals surface area contributed by atoms with Crippen molar-refractivity contribution in [3.05, 3.63) is 30.5 Å². The monoisotopic (exact) mass is 341 g/mol. The summed E-state index contributed by atoms with van der Waals surface area (Å²) in [4.78, 5) is 29.2. The molecule has 1 atom stereocenters. The van der Waals surface area contributed by atoms with Crippen LogP contribution in [0.2, 0.25) is 0 Å². The lowest BCUT2D eigenvalue weighted by molar-refractivity contribution is -0.141. The van der Waals surface area contributed by atoms with Crippen molar-refractivity contribution in [3.63, 3.8) is 0 Å². The summed E-state index contributed by atoms with van der Waals surface area (Å²) in [5, 5.41) is 3.88. The van der Waals surface area contributed by atoms with Crippen molar-refractivity contribution in [1.82, 2.24) is 15.2 Å². The van der Waals surface area contributed by atoms with Gasteiger partial charge in [0.1, 0.15) is 11.9 Å². The Bertz CT molecular complexity index is 777. The number of hydrogen-bond donors (Lipinski definition) is 2. The number of benzene rings is 1. The van der Waals surface area contributed by atoms with Gasteiger partial charge in [-0.1, -0.05) is 6.07 Å². The average Bonchev–Trinajstić information content (AvgIpc) is 3.12. The zero-order valence-corrected chi connectivity index (χ0v) is 14.2. The van der Waals surface area contributed by atoms with Crippen molar-refractivity contribution in [2.75, 3.05) is 19.6 Å². The lowest BCUT2D eigenvalue weighted by atomic mass is 9.94. The summed E-state index contributed by atoms with van der Waals surface area (Å²) in [6, 6.07) is 8.04. The average molecular weight is 341 g/mol. The van der Waals surface area contributed by atoms with Crippen LogP contribution in [0, 0.1) is 5.92 Å². The largest absolute Gasteiger partial charge is 0.490 e. The quantitative estimate of drug-likeness (QED) is 0.897. The summed E-state index contributed by atoms with van der Waals surface area (Å²) in [7, 11) is 0. The fourth-order valence-electron chi connectivity index (χ4n) is 3.79. The topological polar surface area (TPSA) is 74.4 Å². The third-order valence-electron chi connectivity index (χ3n) is 5.20. The molecule has 2 amide bonds. The number of carbonyl (C=O) groups excluding carboxylic acids is 2. The van der Waals surface area contributed by atoms with Crippen molar-refractivity contribution >= 4 is 22.7 Å². The lowest BCUT2D eigenvalue weighted by Gasteiger charge is -2.35. The molecule has 1 unspecified atom stereocenters. The molecule has 0 radical (unpaired) electrons. The van der Waals surface area contributed by atoms with E-state index in [1.807, 2.05) is 35.4 Å². The molecule has 0 saturated carbocycles. The molecule has 1 aromatic carbocycles. The van der Waals surface area contributed by atoms with Gasteiger partial charge in [0.15, 0.2) is 0 Å². The molecule has 2 fully saturated rings. The van der Waals surface area contributed by atoms with Crippen LogP contribution in [0.4, 0.5) is 0 Å². The van der Waals surface area contributed by atoms with Crippen LogP contribution in [-0.2, 0) is 9.59 Å². The van der Waals surface area contributed by atoms with E-state index < -0.39 is 0 Å². The number of amides is 2. The van der Waals surface area contributed by atoms with E-state index >= 15 is 0 Å². The Kier molecular flexibility index (Phi) is 4.34. The van der Waals surface area contributed by atoms with E-state index in [9.17, 15) is 9.59 Å². The summed E-state index contributed by atoms with van der Waals surface area (Å²) in [6.45, 7) is 2.00. The van der Waals surface area contributed by atoms with Crippen molar-refractivity contribution in [1.29, 1.82) is 0 Å². The molecule has 2 aliphatic heterocycles. The van der Waals surface area contributed by atoms with E-state index in [0.29, 0.717) is 26.1 Å². The highest BCUT2D eigenvalue weighted by atomic mass is 16.5. The lowest BCUT2D eigenvalue weighted by Crippen LogP contribution is -2.47. The van der Waals surface area contributed by atoms with Crippen molar-refractivity contribution in [3.8, 4) is 5.75 Å². The van der Waals surface area contributed by atoms with Gasteiger partial charge in [-0.25, -0.2) is 0 Å². The maximum absolute atomic E-state index is 12.6. The van der Waals surface area contributed by atoms with E-state index in [1.54, 1.807) is 0 Å². The molecule has 4 rings (SSSR count). The fourth-order valence-corrected chi connectivity index (χ4v) is 3.79. The summed E-state index contributed by atoms with van der Waals surface area (Å²) in [5.74, 6) is 0.857. The number of nitrogens with one attached hydrogen (secondary N) is 2. The second-order valence-corrected chi connectivity index (χ2v) is 6.88. The highest BCUT2D eigenvalue weighted by Crippen LogP contribution is 2.28. The first-order valence-corrected chi connectivity index (χ1v) is 8.99. The number of rotatable bonds is 3. The van der Waals surface area contributed by atoms with Gasteiger partial charge in [0, 0.05) is 61.9 Å². The van der Waals surface area contributed by atoms with Crippen LogP contribution in [0.1, 0.15) is 25.7 Å². The fraction of sp³-hybridized carbons (Fsp3) is 0.474. The maximum Gasteiger partial charge on any atom is 0.226 e. The van der Waals surface area contributed by atoms with Gasteiger partial charge >= 0.3 is 0 Å². The summed E-state index contributed by atoms with van der Waals surface area (Å²) in [5.41, 5.74) is 1.07. The Balaban J connectivity index is 1.34. The Morgan fingerprint density at radius 1 is 1.16 bits per heavy atom. The Hall–Kier alpha value is -2.50. The number of piperidine rings is 2. The number of nitrogens with zero attached hydrogens (tertiary/aromatic N) is 1. The minimum atomic E-state index is -0.153. The molecule has 132 valence electrons. The maximum atomic E-state index is 12.6. The van der Waals surface area contributed by atoms with Crippen LogP contribution in [0.5, 0.6) is 5.75 Å². The highest BCUT2D eigenvalue weighted by molar-refractivity contribution is 5.87. The van der Waals surface area contributed by atoms with E-state index in [-0.39, 0.29) is 23.8 Å². The van der Waals surface area contributed by atoms with Gasteiger partial charge < -0.3 is 19.9 Å². The second kappa shape index (κ2) is 6.78. The van der Waals surface area contributed by atoms with Gasteiger partial charge in [-0.2, -0.15) is 0 Å². The van der Waals surface area contributed by atoms with Crippen molar-refractivity contribution in [2.24, 2.45) is 5.92 Å². The van der Waals surface area contributed by atoms with Gasteiger partial charge in [0.05, 0.1) is 0 Å². The van der Waals surface area contributed by atoms with Crippen LogP contribution < -0.4 is 10.1 Å². The minimum absolute atomic E-state index is 0.0117. The van der Waals surface area contributed by atoms with E-state index in [0.717, 1.165) is 35.9 Å². The molecule has 6 heteroatoms. The molecule has 2 aliphatic rings. The number of ether oxygens (including phenoxy) is 1. The first kappa shape index (κ1) is 16.0. The number of H-pyrrole nitrogens is 1. The zero-order valence-electron chi connectivity index (χ0n) is 14.2. The summed E-state index contributed by atoms with van der Waals surface area (Å²) in [6.07, 6.45) is 4.76. The van der Waals surface area contributed by atoms with Crippen molar-refractivity contribution in [2.45, 2.75) is 31.8 Å². The smallest absolute Gasteiger partial charge is 0.226 e. The van der Waals surface area contributed by atoms with Crippen molar-refractivity contribution < 1.29 is 14.3 Å². The number of carbonyl (C=O) groups is 2. The Morgan fingerprint density at radius 3 is 2.80 bits per heavy atom. The Morgan fingerprint density at radius 2 is 2.00 bits per heavy atom. The van der Waals surface area contributed by atoms with Gasteiger partial charge in [-0.15, -0.1) is 0 Å². The van der Waals surface area contributed by atoms with Crippen LogP contribution in [0.25, 0.3) is 10.9 Å². The molecule has 0 spiro atoms. The van der Waals surface area contributed by atoms with Crippen LogP contribution in [-0.4, -0.2) is 47.4 Å². The third kappa shape index (κ3) is 3.34. The van der Waals surface area contributed by atoms with Crippen LogP contribution in [0.3, 0.4) is 0 Å². The predicted molar refractivity (Wildman–Crippen MR) is 94.3 cm³/mol. The summed E-state index contributed by atoms with van der Waals surface area (Å²) >= 11 is 0. The number of hydrogen-bond acceptors (Lipinski definition) is 3. The zero-order chi connectivity index (χ0) is 17.2. The second-order valence-electron chi connectivity index (χ2n) is 6.88. The van der Waals surface area contributed by atoms with Crippen LogP contribution in [0.15, 0.2) is 30.5 Å². The molecule has 2 saturated heterocycles. The van der Waals surface area contributed by atoms with E-state index in [1.165, 1.54) is 0 Å². The minimum Gasteiger partial charge on any atom is -0.490 e. The first-order chi connectivity index (χ1) is 12.2. The number of likely N-dealkylation sites (tertiary alicyclic amines) is 1. The molecule has 6 nitrogen and oxygen atoms in total. The molecule has 1 aromatic heterocycles. The molecular weight excluding hydrogens is 318 g/mol. The van der Waals surface area contributed by atoms with E-state index in [2.05, 4.69) is 10.3 Å². The molecule has 2 aromatic rings. The number of aromatic amines is 1. The molecule has 3 heterocycles. The summed E-state index contributed by atoms with van der Waals surface area (Å²) < 4.78 is 6.20.